The number of carbonyl (C=O) groups is 1. The van der Waals surface area contributed by atoms with Crippen molar-refractivity contribution in [3.63, 3.8) is 0 Å². The van der Waals surface area contributed by atoms with Crippen LogP contribution < -0.4 is 10.1 Å². The minimum absolute atomic E-state index is 0.232. The molecule has 0 saturated carbocycles. The van der Waals surface area contributed by atoms with E-state index in [9.17, 15) is 4.79 Å². The van der Waals surface area contributed by atoms with Gasteiger partial charge in [-0.15, -0.1) is 10.2 Å². The van der Waals surface area contributed by atoms with E-state index in [0.717, 1.165) is 16.9 Å². The SMILES string of the molecule is C[C@@H](C(=O)Nc1ccc(OCc2ccccc2)cc1)n1nnc(-c2ccccc2)n1. The van der Waals surface area contributed by atoms with Crippen molar-refractivity contribution in [3.05, 3.63) is 90.5 Å². The lowest BCUT2D eigenvalue weighted by atomic mass is 10.2. The molecule has 0 aliphatic rings. The average Bonchev–Trinajstić information content (AvgIpc) is 3.30. The van der Waals surface area contributed by atoms with Crippen LogP contribution in [0.3, 0.4) is 0 Å². The maximum Gasteiger partial charge on any atom is 0.250 e. The van der Waals surface area contributed by atoms with Gasteiger partial charge in [-0.3, -0.25) is 4.79 Å². The van der Waals surface area contributed by atoms with E-state index in [0.29, 0.717) is 18.1 Å². The van der Waals surface area contributed by atoms with Crippen LogP contribution in [0.2, 0.25) is 0 Å². The van der Waals surface area contributed by atoms with Gasteiger partial charge in [0.15, 0.2) is 0 Å². The maximum absolute atomic E-state index is 12.6. The van der Waals surface area contributed by atoms with Crippen molar-refractivity contribution in [3.8, 4) is 17.1 Å². The van der Waals surface area contributed by atoms with Gasteiger partial charge in [0, 0.05) is 11.3 Å². The van der Waals surface area contributed by atoms with Crippen LogP contribution in [0.4, 0.5) is 5.69 Å². The fourth-order valence-corrected chi connectivity index (χ4v) is 2.82. The van der Waals surface area contributed by atoms with Crippen molar-refractivity contribution in [1.29, 1.82) is 0 Å². The van der Waals surface area contributed by atoms with Gasteiger partial charge in [0.25, 0.3) is 5.91 Å². The lowest BCUT2D eigenvalue weighted by Gasteiger charge is -2.11. The Morgan fingerprint density at radius 2 is 1.63 bits per heavy atom. The zero-order chi connectivity index (χ0) is 20.8. The Morgan fingerprint density at radius 1 is 0.967 bits per heavy atom. The van der Waals surface area contributed by atoms with E-state index in [1.807, 2.05) is 72.8 Å². The predicted octanol–water partition coefficient (Wildman–Crippen LogP) is 4.12. The molecule has 7 heteroatoms. The molecule has 7 nitrogen and oxygen atoms in total. The number of ether oxygens (including phenoxy) is 1. The van der Waals surface area contributed by atoms with Crippen molar-refractivity contribution >= 4 is 11.6 Å². The van der Waals surface area contributed by atoms with Gasteiger partial charge in [-0.1, -0.05) is 60.7 Å². The normalized spacial score (nSPS) is 11.6. The molecule has 0 saturated heterocycles. The van der Waals surface area contributed by atoms with E-state index in [1.165, 1.54) is 4.80 Å². The molecule has 3 aromatic carbocycles. The molecule has 0 bridgehead atoms. The molecule has 4 rings (SSSR count). The van der Waals surface area contributed by atoms with Gasteiger partial charge in [-0.05, 0) is 42.0 Å². The molecule has 1 N–H and O–H groups in total. The van der Waals surface area contributed by atoms with Crippen LogP contribution >= 0.6 is 0 Å². The third kappa shape index (κ3) is 4.70. The second-order valence-corrected chi connectivity index (χ2v) is 6.76. The van der Waals surface area contributed by atoms with E-state index < -0.39 is 6.04 Å². The van der Waals surface area contributed by atoms with Crippen LogP contribution in [-0.4, -0.2) is 26.1 Å². The Morgan fingerprint density at radius 3 is 2.33 bits per heavy atom. The van der Waals surface area contributed by atoms with Crippen molar-refractivity contribution in [2.45, 2.75) is 19.6 Å². The molecule has 0 fully saturated rings. The van der Waals surface area contributed by atoms with Crippen LogP contribution in [0.1, 0.15) is 18.5 Å². The van der Waals surface area contributed by atoms with E-state index in [1.54, 1.807) is 19.1 Å². The number of benzene rings is 3. The van der Waals surface area contributed by atoms with Crippen LogP contribution in [0.25, 0.3) is 11.4 Å². The fourth-order valence-electron chi connectivity index (χ4n) is 2.82. The summed E-state index contributed by atoms with van der Waals surface area (Å²) in [6, 6.07) is 26.1. The number of anilines is 1. The molecule has 0 aliphatic carbocycles. The second kappa shape index (κ2) is 9.00. The number of nitrogens with zero attached hydrogens (tertiary/aromatic N) is 4. The number of aromatic nitrogens is 4. The number of rotatable bonds is 7. The highest BCUT2D eigenvalue weighted by Crippen LogP contribution is 2.19. The highest BCUT2D eigenvalue weighted by molar-refractivity contribution is 5.93. The second-order valence-electron chi connectivity index (χ2n) is 6.76. The summed E-state index contributed by atoms with van der Waals surface area (Å²) < 4.78 is 5.77. The van der Waals surface area contributed by atoms with Crippen LogP contribution in [0.15, 0.2) is 84.9 Å². The molecule has 0 aliphatic heterocycles. The highest BCUT2D eigenvalue weighted by Gasteiger charge is 2.19. The number of carbonyl (C=O) groups excluding carboxylic acids is 1. The van der Waals surface area contributed by atoms with Gasteiger partial charge >= 0.3 is 0 Å². The molecule has 1 heterocycles. The zero-order valence-electron chi connectivity index (χ0n) is 16.5. The number of hydrogen-bond donors (Lipinski definition) is 1. The minimum Gasteiger partial charge on any atom is -0.489 e. The molecular weight excluding hydrogens is 378 g/mol. The summed E-state index contributed by atoms with van der Waals surface area (Å²) in [5.74, 6) is 0.982. The molecule has 30 heavy (non-hydrogen) atoms. The third-order valence-corrected chi connectivity index (χ3v) is 4.56. The summed E-state index contributed by atoms with van der Waals surface area (Å²) in [4.78, 5) is 13.9. The Kier molecular flexibility index (Phi) is 5.80. The summed E-state index contributed by atoms with van der Waals surface area (Å²) in [6.07, 6.45) is 0. The molecule has 1 aromatic heterocycles. The Balaban J connectivity index is 1.35. The largest absolute Gasteiger partial charge is 0.489 e. The minimum atomic E-state index is -0.607. The summed E-state index contributed by atoms with van der Waals surface area (Å²) in [5.41, 5.74) is 2.61. The molecule has 150 valence electrons. The zero-order valence-corrected chi connectivity index (χ0v) is 16.5. The van der Waals surface area contributed by atoms with Gasteiger partial charge in [0.2, 0.25) is 5.82 Å². The molecule has 0 spiro atoms. The first-order valence-electron chi connectivity index (χ1n) is 9.61. The number of amides is 1. The van der Waals surface area contributed by atoms with Crippen molar-refractivity contribution in [1.82, 2.24) is 20.2 Å². The molecule has 4 aromatic rings. The molecule has 1 amide bonds. The van der Waals surface area contributed by atoms with Crippen LogP contribution in [-0.2, 0) is 11.4 Å². The lowest BCUT2D eigenvalue weighted by Crippen LogP contribution is -2.25. The molecule has 0 unspecified atom stereocenters. The van der Waals surface area contributed by atoms with Gasteiger partial charge in [-0.25, -0.2) is 0 Å². The van der Waals surface area contributed by atoms with Gasteiger partial charge in [0.1, 0.15) is 18.4 Å². The van der Waals surface area contributed by atoms with E-state index in [-0.39, 0.29) is 5.91 Å². The van der Waals surface area contributed by atoms with E-state index >= 15 is 0 Å². The van der Waals surface area contributed by atoms with Gasteiger partial charge in [0.05, 0.1) is 0 Å². The quantitative estimate of drug-likeness (QED) is 0.506. The Hall–Kier alpha value is -4.00. The first-order chi connectivity index (χ1) is 14.7. The fraction of sp³-hybridized carbons (Fsp3) is 0.130. The van der Waals surface area contributed by atoms with Gasteiger partial charge in [-0.2, -0.15) is 4.80 Å². The van der Waals surface area contributed by atoms with Crippen LogP contribution in [0, 0.1) is 0 Å². The highest BCUT2D eigenvalue weighted by atomic mass is 16.5. The monoisotopic (exact) mass is 399 g/mol. The molecule has 1 atom stereocenters. The maximum atomic E-state index is 12.6. The number of hydrogen-bond acceptors (Lipinski definition) is 5. The van der Waals surface area contributed by atoms with E-state index in [4.69, 9.17) is 4.74 Å². The Labute approximate surface area is 174 Å². The standard InChI is InChI=1S/C23H21N5O2/c1-17(28-26-22(25-27-28)19-10-6-3-7-11-19)23(29)24-20-12-14-21(15-13-20)30-16-18-8-4-2-5-9-18/h2-15,17H,16H2,1H3,(H,24,29)/t17-/m0/s1. The summed E-state index contributed by atoms with van der Waals surface area (Å²) >= 11 is 0. The van der Waals surface area contributed by atoms with Crippen molar-refractivity contribution in [2.24, 2.45) is 0 Å². The van der Waals surface area contributed by atoms with Crippen molar-refractivity contribution < 1.29 is 9.53 Å². The molecular formula is C23H21N5O2. The first kappa shape index (κ1) is 19.3. The third-order valence-electron chi connectivity index (χ3n) is 4.56. The first-order valence-corrected chi connectivity index (χ1v) is 9.61. The summed E-state index contributed by atoms with van der Waals surface area (Å²) in [5, 5.41) is 15.2. The lowest BCUT2D eigenvalue weighted by molar-refractivity contribution is -0.119. The van der Waals surface area contributed by atoms with Crippen LogP contribution in [0.5, 0.6) is 5.75 Å². The predicted molar refractivity (Wildman–Crippen MR) is 114 cm³/mol. The van der Waals surface area contributed by atoms with E-state index in [2.05, 4.69) is 20.7 Å². The van der Waals surface area contributed by atoms with Crippen molar-refractivity contribution in [2.75, 3.05) is 5.32 Å². The average molecular weight is 399 g/mol. The Bertz CT molecular complexity index is 1100. The summed E-state index contributed by atoms with van der Waals surface area (Å²) in [6.45, 7) is 2.22. The smallest absolute Gasteiger partial charge is 0.250 e. The molecule has 0 radical (unpaired) electrons. The number of tetrazole rings is 1. The summed E-state index contributed by atoms with van der Waals surface area (Å²) in [7, 11) is 0. The van der Waals surface area contributed by atoms with Gasteiger partial charge < -0.3 is 10.1 Å². The number of nitrogens with one attached hydrogen (secondary N) is 1. The topological polar surface area (TPSA) is 81.9 Å².